The Bertz CT molecular complexity index is 839. The summed E-state index contributed by atoms with van der Waals surface area (Å²) in [7, 11) is 3.71. The Hall–Kier alpha value is -2.38. The third-order valence-electron chi connectivity index (χ3n) is 5.53. The number of benzene rings is 2. The maximum absolute atomic E-state index is 13.3. The first-order valence-electron chi connectivity index (χ1n) is 9.04. The van der Waals surface area contributed by atoms with Crippen molar-refractivity contribution in [2.24, 2.45) is 0 Å². The standard InChI is InChI=1S/C21H23F3N2O2/c1-25(2)20(15-8-4-3-5-9-15)12-13-26(14-18(20)27)19(28)16-10-6-7-11-17(16)21(22,23)24/h3-11,18,27H,12-14H2,1-2H3/t18-,20+/m1/s1. The number of likely N-dealkylation sites (N-methyl/N-ethyl adjacent to an activating group) is 1. The number of carbonyl (C=O) groups excluding carboxylic acids is 1. The van der Waals surface area contributed by atoms with Crippen LogP contribution in [0.15, 0.2) is 54.6 Å². The summed E-state index contributed by atoms with van der Waals surface area (Å²) in [5.74, 6) is -0.715. The van der Waals surface area contributed by atoms with Gasteiger partial charge in [0.2, 0.25) is 0 Å². The lowest BCUT2D eigenvalue weighted by atomic mass is 9.77. The second kappa shape index (κ2) is 7.56. The number of aliphatic hydroxyl groups excluding tert-OH is 1. The molecule has 1 fully saturated rings. The minimum atomic E-state index is -4.61. The quantitative estimate of drug-likeness (QED) is 0.871. The van der Waals surface area contributed by atoms with E-state index in [1.807, 2.05) is 49.3 Å². The molecule has 7 heteroatoms. The molecule has 2 aromatic carbocycles. The molecule has 1 amide bonds. The molecule has 1 saturated heterocycles. The van der Waals surface area contributed by atoms with Crippen molar-refractivity contribution in [3.63, 3.8) is 0 Å². The highest BCUT2D eigenvalue weighted by atomic mass is 19.4. The van der Waals surface area contributed by atoms with Gasteiger partial charge in [-0.2, -0.15) is 13.2 Å². The van der Waals surface area contributed by atoms with Crippen molar-refractivity contribution in [3.8, 4) is 0 Å². The van der Waals surface area contributed by atoms with Gasteiger partial charge < -0.3 is 10.0 Å². The lowest BCUT2D eigenvalue weighted by Gasteiger charge is -2.49. The molecule has 0 radical (unpaired) electrons. The fraction of sp³-hybridized carbons (Fsp3) is 0.381. The maximum atomic E-state index is 13.3. The fourth-order valence-electron chi connectivity index (χ4n) is 4.04. The molecule has 0 unspecified atom stereocenters. The zero-order chi connectivity index (χ0) is 20.5. The summed E-state index contributed by atoms with van der Waals surface area (Å²) in [5, 5.41) is 11.0. The number of rotatable bonds is 3. The molecule has 0 aromatic heterocycles. The molecule has 1 aliphatic rings. The number of piperidine rings is 1. The second-order valence-corrected chi connectivity index (χ2v) is 7.25. The highest BCUT2D eigenvalue weighted by molar-refractivity contribution is 5.96. The van der Waals surface area contributed by atoms with Crippen molar-refractivity contribution < 1.29 is 23.1 Å². The zero-order valence-electron chi connectivity index (χ0n) is 15.8. The van der Waals surface area contributed by atoms with Gasteiger partial charge in [0, 0.05) is 13.1 Å². The van der Waals surface area contributed by atoms with Crippen LogP contribution in [-0.4, -0.2) is 54.1 Å². The Morgan fingerprint density at radius 3 is 2.29 bits per heavy atom. The lowest BCUT2D eigenvalue weighted by Crippen LogP contribution is -2.60. The summed E-state index contributed by atoms with van der Waals surface area (Å²) in [6.07, 6.45) is -5.15. The normalized spacial score (nSPS) is 23.1. The minimum Gasteiger partial charge on any atom is -0.389 e. The molecular weight excluding hydrogens is 369 g/mol. The van der Waals surface area contributed by atoms with Gasteiger partial charge in [0.25, 0.3) is 5.91 Å². The number of amides is 1. The fourth-order valence-corrected chi connectivity index (χ4v) is 4.04. The maximum Gasteiger partial charge on any atom is 0.417 e. The van der Waals surface area contributed by atoms with E-state index in [-0.39, 0.29) is 18.7 Å². The van der Waals surface area contributed by atoms with Crippen LogP contribution < -0.4 is 0 Å². The number of aliphatic hydroxyl groups is 1. The molecule has 28 heavy (non-hydrogen) atoms. The highest BCUT2D eigenvalue weighted by Gasteiger charge is 2.47. The van der Waals surface area contributed by atoms with Crippen LogP contribution in [-0.2, 0) is 11.7 Å². The molecule has 4 nitrogen and oxygen atoms in total. The van der Waals surface area contributed by atoms with Crippen LogP contribution >= 0.6 is 0 Å². The van der Waals surface area contributed by atoms with Gasteiger partial charge in [-0.3, -0.25) is 9.69 Å². The molecule has 0 aliphatic carbocycles. The van der Waals surface area contributed by atoms with Gasteiger partial charge in [0.1, 0.15) is 0 Å². The molecule has 1 aliphatic heterocycles. The average Bonchev–Trinajstić information content (AvgIpc) is 2.67. The monoisotopic (exact) mass is 392 g/mol. The topological polar surface area (TPSA) is 43.8 Å². The average molecular weight is 392 g/mol. The van der Waals surface area contributed by atoms with Gasteiger partial charge in [-0.05, 0) is 38.2 Å². The number of hydrogen-bond donors (Lipinski definition) is 1. The molecule has 0 saturated carbocycles. The van der Waals surface area contributed by atoms with E-state index >= 15 is 0 Å². The Morgan fingerprint density at radius 2 is 1.71 bits per heavy atom. The third kappa shape index (κ3) is 3.52. The largest absolute Gasteiger partial charge is 0.417 e. The lowest BCUT2D eigenvalue weighted by molar-refractivity contribution is -0.138. The van der Waals surface area contributed by atoms with Gasteiger partial charge in [-0.1, -0.05) is 42.5 Å². The summed E-state index contributed by atoms with van der Waals surface area (Å²) in [5.41, 5.74) is -1.14. The molecule has 2 aromatic rings. The van der Waals surface area contributed by atoms with Crippen LogP contribution in [0.1, 0.15) is 27.9 Å². The van der Waals surface area contributed by atoms with Crippen molar-refractivity contribution in [2.45, 2.75) is 24.2 Å². The van der Waals surface area contributed by atoms with E-state index < -0.39 is 29.3 Å². The van der Waals surface area contributed by atoms with Crippen LogP contribution in [0.5, 0.6) is 0 Å². The summed E-state index contributed by atoms with van der Waals surface area (Å²) in [6, 6.07) is 14.2. The van der Waals surface area contributed by atoms with Crippen molar-refractivity contribution in [2.75, 3.05) is 27.2 Å². The Balaban J connectivity index is 1.89. The number of alkyl halides is 3. The number of carbonyl (C=O) groups is 1. The SMILES string of the molecule is CN(C)[C@]1(c2ccccc2)CCN(C(=O)c2ccccc2C(F)(F)F)C[C@H]1O. The number of β-amino-alcohol motifs (C(OH)–C–C–N with tert-alkyl or cyclic N) is 1. The van der Waals surface area contributed by atoms with Crippen molar-refractivity contribution in [1.82, 2.24) is 9.80 Å². The van der Waals surface area contributed by atoms with Crippen molar-refractivity contribution in [1.29, 1.82) is 0 Å². The van der Waals surface area contributed by atoms with Gasteiger partial charge in [0.05, 0.1) is 22.8 Å². The zero-order valence-corrected chi connectivity index (χ0v) is 15.8. The van der Waals surface area contributed by atoms with Crippen LogP contribution in [0.3, 0.4) is 0 Å². The van der Waals surface area contributed by atoms with Crippen LogP contribution in [0.4, 0.5) is 13.2 Å². The molecule has 3 rings (SSSR count). The van der Waals surface area contributed by atoms with E-state index in [0.29, 0.717) is 6.42 Å². The molecule has 0 spiro atoms. The number of likely N-dealkylation sites (tertiary alicyclic amines) is 1. The molecule has 0 bridgehead atoms. The van der Waals surface area contributed by atoms with Gasteiger partial charge in [-0.25, -0.2) is 0 Å². The van der Waals surface area contributed by atoms with Crippen LogP contribution in [0.25, 0.3) is 0 Å². The van der Waals surface area contributed by atoms with E-state index in [2.05, 4.69) is 0 Å². The van der Waals surface area contributed by atoms with E-state index in [1.54, 1.807) is 0 Å². The summed E-state index contributed by atoms with van der Waals surface area (Å²) >= 11 is 0. The van der Waals surface area contributed by atoms with Gasteiger partial charge in [0.15, 0.2) is 0 Å². The molecule has 1 heterocycles. The van der Waals surface area contributed by atoms with Gasteiger partial charge >= 0.3 is 6.18 Å². The third-order valence-corrected chi connectivity index (χ3v) is 5.53. The summed E-state index contributed by atoms with van der Waals surface area (Å²) < 4.78 is 39.8. The predicted octanol–water partition coefficient (Wildman–Crippen LogP) is 3.37. The molecule has 2 atom stereocenters. The first-order valence-corrected chi connectivity index (χ1v) is 9.04. The summed E-state index contributed by atoms with van der Waals surface area (Å²) in [6.45, 7) is 0.202. The van der Waals surface area contributed by atoms with Crippen LogP contribution in [0.2, 0.25) is 0 Å². The van der Waals surface area contributed by atoms with Crippen LogP contribution in [0, 0.1) is 0 Å². The van der Waals surface area contributed by atoms with E-state index in [9.17, 15) is 23.1 Å². The first kappa shape index (κ1) is 20.4. The molecule has 1 N–H and O–H groups in total. The van der Waals surface area contributed by atoms with E-state index in [1.165, 1.54) is 23.1 Å². The number of nitrogens with zero attached hydrogens (tertiary/aromatic N) is 2. The highest BCUT2D eigenvalue weighted by Crippen LogP contribution is 2.39. The Labute approximate surface area is 162 Å². The summed E-state index contributed by atoms with van der Waals surface area (Å²) in [4.78, 5) is 16.1. The molecule has 150 valence electrons. The Morgan fingerprint density at radius 1 is 1.11 bits per heavy atom. The number of hydrogen-bond acceptors (Lipinski definition) is 3. The smallest absolute Gasteiger partial charge is 0.389 e. The first-order chi connectivity index (χ1) is 13.2. The van der Waals surface area contributed by atoms with Crippen molar-refractivity contribution in [3.05, 3.63) is 71.3 Å². The number of halogens is 3. The minimum absolute atomic E-state index is 0.0436. The van der Waals surface area contributed by atoms with Gasteiger partial charge in [-0.15, -0.1) is 0 Å². The molecular formula is C21H23F3N2O2. The van der Waals surface area contributed by atoms with Crippen molar-refractivity contribution >= 4 is 5.91 Å². The Kier molecular flexibility index (Phi) is 5.50. The van der Waals surface area contributed by atoms with E-state index in [0.717, 1.165) is 11.6 Å². The van der Waals surface area contributed by atoms with E-state index in [4.69, 9.17) is 0 Å². The predicted molar refractivity (Wildman–Crippen MR) is 99.8 cm³/mol. The second-order valence-electron chi connectivity index (χ2n) is 7.25.